The predicted molar refractivity (Wildman–Crippen MR) is 161 cm³/mol. The van der Waals surface area contributed by atoms with Gasteiger partial charge in [0.1, 0.15) is 5.82 Å². The molecular formula is C37H20F4. The second-order valence-corrected chi connectivity index (χ2v) is 10.6. The molecule has 0 aliphatic carbocycles. The first-order valence-corrected chi connectivity index (χ1v) is 13.4. The summed E-state index contributed by atoms with van der Waals surface area (Å²) < 4.78 is 54.2. The van der Waals surface area contributed by atoms with E-state index in [9.17, 15) is 17.6 Å². The number of hydrogen-bond acceptors (Lipinski definition) is 0. The van der Waals surface area contributed by atoms with Crippen LogP contribution in [-0.4, -0.2) is 0 Å². The Morgan fingerprint density at radius 2 is 0.805 bits per heavy atom. The van der Waals surface area contributed by atoms with Crippen molar-refractivity contribution in [3.8, 4) is 22.3 Å². The summed E-state index contributed by atoms with van der Waals surface area (Å²) in [4.78, 5) is 0. The maximum atomic E-state index is 14.2. The molecule has 8 rings (SSSR count). The van der Waals surface area contributed by atoms with Gasteiger partial charge >= 0.3 is 6.18 Å². The van der Waals surface area contributed by atoms with E-state index in [2.05, 4.69) is 24.3 Å². The zero-order chi connectivity index (χ0) is 27.9. The molecule has 0 aliphatic rings. The highest BCUT2D eigenvalue weighted by Crippen LogP contribution is 2.46. The van der Waals surface area contributed by atoms with Crippen LogP contribution in [0.1, 0.15) is 5.56 Å². The van der Waals surface area contributed by atoms with Crippen LogP contribution in [0.25, 0.3) is 76.1 Å². The third-order valence-electron chi connectivity index (χ3n) is 8.22. The second-order valence-electron chi connectivity index (χ2n) is 10.6. The van der Waals surface area contributed by atoms with Crippen LogP contribution >= 0.6 is 0 Å². The molecule has 0 heterocycles. The van der Waals surface area contributed by atoms with E-state index in [0.717, 1.165) is 88.2 Å². The van der Waals surface area contributed by atoms with Crippen molar-refractivity contribution >= 4 is 53.9 Å². The Bertz CT molecular complexity index is 2170. The van der Waals surface area contributed by atoms with Crippen LogP contribution in [0.15, 0.2) is 121 Å². The molecule has 0 N–H and O–H groups in total. The van der Waals surface area contributed by atoms with E-state index in [1.807, 2.05) is 60.7 Å². The van der Waals surface area contributed by atoms with Gasteiger partial charge in [-0.25, -0.2) is 4.39 Å². The second kappa shape index (κ2) is 8.52. The fraction of sp³-hybridized carbons (Fsp3) is 0.0270. The first-order valence-electron chi connectivity index (χ1n) is 13.4. The normalized spacial score (nSPS) is 12.4. The predicted octanol–water partition coefficient (Wildman–Crippen LogP) is 11.4. The molecule has 0 amide bonds. The lowest BCUT2D eigenvalue weighted by Gasteiger charge is -2.19. The lowest BCUT2D eigenvalue weighted by Crippen LogP contribution is -2.04. The average molecular weight is 541 g/mol. The van der Waals surface area contributed by atoms with Crippen LogP contribution in [0.3, 0.4) is 0 Å². The van der Waals surface area contributed by atoms with Gasteiger partial charge in [-0.2, -0.15) is 13.2 Å². The van der Waals surface area contributed by atoms with Crippen molar-refractivity contribution in [2.45, 2.75) is 6.18 Å². The molecule has 0 aliphatic heterocycles. The van der Waals surface area contributed by atoms with Crippen LogP contribution in [0.5, 0.6) is 0 Å². The van der Waals surface area contributed by atoms with E-state index in [1.165, 1.54) is 0 Å². The lowest BCUT2D eigenvalue weighted by molar-refractivity contribution is -0.137. The SMILES string of the molecule is Fc1cc2ccc3cc(-c4c5ccccc5c(-c5ccc(C(F)(F)F)cc5)c5ccccc45)cc4ccc(c1)c2c34. The third kappa shape index (κ3) is 3.60. The van der Waals surface area contributed by atoms with Crippen LogP contribution in [0.2, 0.25) is 0 Å². The van der Waals surface area contributed by atoms with Crippen LogP contribution in [-0.2, 0) is 6.18 Å². The Morgan fingerprint density at radius 1 is 0.415 bits per heavy atom. The summed E-state index contributed by atoms with van der Waals surface area (Å²) in [7, 11) is 0. The van der Waals surface area contributed by atoms with E-state index in [4.69, 9.17) is 0 Å². The molecule has 0 fully saturated rings. The molecule has 0 saturated carbocycles. The van der Waals surface area contributed by atoms with E-state index < -0.39 is 11.7 Å². The molecule has 0 atom stereocenters. The van der Waals surface area contributed by atoms with Crippen molar-refractivity contribution in [2.24, 2.45) is 0 Å². The summed E-state index contributed by atoms with van der Waals surface area (Å²) in [5.74, 6) is -0.248. The highest BCUT2D eigenvalue weighted by molar-refractivity contribution is 6.26. The van der Waals surface area contributed by atoms with Gasteiger partial charge in [0.05, 0.1) is 5.56 Å². The molecular weight excluding hydrogens is 520 g/mol. The number of rotatable bonds is 2. The Hall–Kier alpha value is -4.96. The van der Waals surface area contributed by atoms with Crippen molar-refractivity contribution in [1.82, 2.24) is 0 Å². The van der Waals surface area contributed by atoms with Crippen molar-refractivity contribution in [1.29, 1.82) is 0 Å². The van der Waals surface area contributed by atoms with Gasteiger partial charge < -0.3 is 0 Å². The summed E-state index contributed by atoms with van der Waals surface area (Å²) in [6.07, 6.45) is -4.39. The van der Waals surface area contributed by atoms with Gasteiger partial charge in [0.15, 0.2) is 0 Å². The van der Waals surface area contributed by atoms with Gasteiger partial charge in [0.2, 0.25) is 0 Å². The van der Waals surface area contributed by atoms with Crippen LogP contribution < -0.4 is 0 Å². The number of alkyl halides is 3. The van der Waals surface area contributed by atoms with Crippen molar-refractivity contribution in [2.75, 3.05) is 0 Å². The first-order chi connectivity index (χ1) is 19.9. The van der Waals surface area contributed by atoms with Crippen LogP contribution in [0, 0.1) is 5.82 Å². The molecule has 0 unspecified atom stereocenters. The lowest BCUT2D eigenvalue weighted by atomic mass is 9.84. The quantitative estimate of drug-likeness (QED) is 0.116. The minimum absolute atomic E-state index is 0.248. The summed E-state index contributed by atoms with van der Waals surface area (Å²) in [6, 6.07) is 37.2. The maximum absolute atomic E-state index is 14.2. The molecule has 0 aromatic heterocycles. The fourth-order valence-electron chi connectivity index (χ4n) is 6.52. The summed E-state index contributed by atoms with van der Waals surface area (Å²) >= 11 is 0. The minimum Gasteiger partial charge on any atom is -0.207 e. The maximum Gasteiger partial charge on any atom is 0.416 e. The van der Waals surface area contributed by atoms with Gasteiger partial charge in [-0.3, -0.25) is 0 Å². The van der Waals surface area contributed by atoms with Crippen molar-refractivity contribution < 1.29 is 17.6 Å². The highest BCUT2D eigenvalue weighted by Gasteiger charge is 2.30. The molecule has 0 bridgehead atoms. The monoisotopic (exact) mass is 540 g/mol. The smallest absolute Gasteiger partial charge is 0.207 e. The zero-order valence-electron chi connectivity index (χ0n) is 21.6. The highest BCUT2D eigenvalue weighted by atomic mass is 19.4. The number of halogens is 4. The van der Waals surface area contributed by atoms with E-state index >= 15 is 0 Å². The third-order valence-corrected chi connectivity index (χ3v) is 8.22. The molecule has 4 heteroatoms. The Morgan fingerprint density at radius 3 is 1.22 bits per heavy atom. The molecule has 196 valence electrons. The molecule has 0 spiro atoms. The summed E-state index contributed by atoms with van der Waals surface area (Å²) in [5, 5.41) is 10.1. The first kappa shape index (κ1) is 23.9. The molecule has 0 saturated heterocycles. The van der Waals surface area contributed by atoms with Gasteiger partial charge in [0, 0.05) is 0 Å². The van der Waals surface area contributed by atoms with E-state index in [0.29, 0.717) is 0 Å². The fourth-order valence-corrected chi connectivity index (χ4v) is 6.52. The largest absolute Gasteiger partial charge is 0.416 e. The molecule has 0 nitrogen and oxygen atoms in total. The van der Waals surface area contributed by atoms with Gasteiger partial charge in [-0.15, -0.1) is 0 Å². The molecule has 8 aromatic rings. The van der Waals surface area contributed by atoms with Gasteiger partial charge in [-0.05, 0) is 113 Å². The molecule has 41 heavy (non-hydrogen) atoms. The van der Waals surface area contributed by atoms with E-state index in [1.54, 1.807) is 24.3 Å². The topological polar surface area (TPSA) is 0 Å². The van der Waals surface area contributed by atoms with E-state index in [-0.39, 0.29) is 5.82 Å². The minimum atomic E-state index is -4.39. The molecule has 0 radical (unpaired) electrons. The Labute approximate surface area is 232 Å². The summed E-state index contributed by atoms with van der Waals surface area (Å²) in [6.45, 7) is 0. The van der Waals surface area contributed by atoms with Gasteiger partial charge in [-0.1, -0.05) is 84.9 Å². The number of hydrogen-bond donors (Lipinski definition) is 0. The number of fused-ring (bicyclic) bond motifs is 2. The van der Waals surface area contributed by atoms with Crippen molar-refractivity contribution in [3.63, 3.8) is 0 Å². The zero-order valence-corrected chi connectivity index (χ0v) is 21.6. The van der Waals surface area contributed by atoms with Gasteiger partial charge in [0.25, 0.3) is 0 Å². The molecule has 8 aromatic carbocycles. The standard InChI is InChI=1S/C37H20F4/c38-28-19-24-11-9-22-17-26(18-23-10-12-25(20-28)34(24)33(22)23)36-31-7-3-1-5-29(31)35(30-6-2-4-8-32(30)36)21-13-15-27(16-14-21)37(39,40)41/h1-20H. The summed E-state index contributed by atoms with van der Waals surface area (Å²) in [5.41, 5.74) is 3.10. The Kier molecular flexibility index (Phi) is 4.96. The van der Waals surface area contributed by atoms with Crippen molar-refractivity contribution in [3.05, 3.63) is 133 Å². The Balaban J connectivity index is 1.45. The van der Waals surface area contributed by atoms with Crippen LogP contribution in [0.4, 0.5) is 17.6 Å². The number of benzene rings is 8. The average Bonchev–Trinajstić information content (AvgIpc) is 2.97.